The average molecular weight is 435 g/mol. The van der Waals surface area contributed by atoms with Crippen LogP contribution in [0.1, 0.15) is 40.7 Å². The van der Waals surface area contributed by atoms with Crippen LogP contribution in [-0.4, -0.2) is 46.5 Å². The summed E-state index contributed by atoms with van der Waals surface area (Å²) in [6, 6.07) is 14.8. The van der Waals surface area contributed by atoms with Crippen molar-refractivity contribution in [1.29, 1.82) is 0 Å². The molecule has 3 amide bonds. The monoisotopic (exact) mass is 435 g/mol. The van der Waals surface area contributed by atoms with Crippen LogP contribution in [0, 0.1) is 0 Å². The quantitative estimate of drug-likeness (QED) is 0.389. The van der Waals surface area contributed by atoms with Gasteiger partial charge in [-0.2, -0.15) is 0 Å². The molecular formula is C24H25N3O5. The van der Waals surface area contributed by atoms with Gasteiger partial charge in [0.1, 0.15) is 11.4 Å². The lowest BCUT2D eigenvalue weighted by Crippen LogP contribution is -2.54. The van der Waals surface area contributed by atoms with Crippen LogP contribution in [0.25, 0.3) is 6.08 Å². The first-order valence-electron chi connectivity index (χ1n) is 10.5. The first-order chi connectivity index (χ1) is 15.5. The fourth-order valence-electron chi connectivity index (χ4n) is 4.11. The molecular weight excluding hydrogens is 410 g/mol. The number of carbonyl (C=O) groups is 3. The van der Waals surface area contributed by atoms with Crippen molar-refractivity contribution >= 4 is 23.8 Å². The first-order valence-corrected chi connectivity index (χ1v) is 10.5. The van der Waals surface area contributed by atoms with E-state index in [9.17, 15) is 14.4 Å². The molecule has 0 saturated carbocycles. The van der Waals surface area contributed by atoms with Gasteiger partial charge >= 0.3 is 6.03 Å². The van der Waals surface area contributed by atoms with Gasteiger partial charge in [0.05, 0.1) is 12.0 Å². The highest BCUT2D eigenvalue weighted by molar-refractivity contribution is 6.01. The number of hydroxylamine groups is 1. The Hall–Kier alpha value is -3.65. The number of piperidine rings is 1. The van der Waals surface area contributed by atoms with Crippen LogP contribution in [-0.2, 0) is 11.3 Å². The van der Waals surface area contributed by atoms with E-state index in [1.165, 1.54) is 17.6 Å². The number of hydrogen-bond donors (Lipinski definition) is 3. The number of amides is 3. The lowest BCUT2D eigenvalue weighted by molar-refractivity contribution is -0.124. The van der Waals surface area contributed by atoms with E-state index in [4.69, 9.17) is 9.94 Å². The van der Waals surface area contributed by atoms with Gasteiger partial charge in [-0.15, -0.1) is 0 Å². The van der Waals surface area contributed by atoms with Crippen molar-refractivity contribution < 1.29 is 24.3 Å². The maximum atomic E-state index is 12.9. The van der Waals surface area contributed by atoms with Gasteiger partial charge in [-0.1, -0.05) is 36.4 Å². The van der Waals surface area contributed by atoms with Crippen LogP contribution in [0.4, 0.5) is 4.79 Å². The summed E-state index contributed by atoms with van der Waals surface area (Å²) >= 11 is 0. The van der Waals surface area contributed by atoms with E-state index < -0.39 is 11.5 Å². The van der Waals surface area contributed by atoms with Crippen LogP contribution >= 0.6 is 0 Å². The fraction of sp³-hybridized carbons (Fsp3) is 0.292. The molecule has 32 heavy (non-hydrogen) atoms. The molecule has 0 aromatic heterocycles. The Kier molecular flexibility index (Phi) is 6.23. The number of ketones is 1. The van der Waals surface area contributed by atoms with Gasteiger partial charge in [0.2, 0.25) is 0 Å². The number of benzene rings is 2. The number of urea groups is 1. The lowest BCUT2D eigenvalue weighted by Gasteiger charge is -2.43. The van der Waals surface area contributed by atoms with Crippen LogP contribution in [0.3, 0.4) is 0 Å². The smallest absolute Gasteiger partial charge is 0.317 e. The zero-order valence-electron chi connectivity index (χ0n) is 17.5. The molecule has 2 aromatic rings. The van der Waals surface area contributed by atoms with Crippen molar-refractivity contribution in [2.24, 2.45) is 0 Å². The molecule has 1 saturated heterocycles. The van der Waals surface area contributed by atoms with E-state index in [0.717, 1.165) is 5.56 Å². The van der Waals surface area contributed by atoms with Crippen molar-refractivity contribution in [2.45, 2.75) is 31.4 Å². The molecule has 1 spiro atoms. The van der Waals surface area contributed by atoms with Crippen molar-refractivity contribution in [2.75, 3.05) is 13.1 Å². The van der Waals surface area contributed by atoms with Gasteiger partial charge in [-0.25, -0.2) is 10.3 Å². The second-order valence-corrected chi connectivity index (χ2v) is 8.08. The zero-order chi connectivity index (χ0) is 22.6. The minimum atomic E-state index is -0.649. The summed E-state index contributed by atoms with van der Waals surface area (Å²) in [6.45, 7) is 1.50. The SMILES string of the molecule is O=C(/C=C/c1ccc2c(c1)C(=O)CC1(CCN(C(=O)NCc3ccccc3)CC1)O2)NO. The number of likely N-dealkylation sites (tertiary alicyclic amines) is 1. The third-order valence-corrected chi connectivity index (χ3v) is 5.90. The minimum absolute atomic E-state index is 0.0184. The fourth-order valence-corrected chi connectivity index (χ4v) is 4.11. The Labute approximate surface area is 185 Å². The number of fused-ring (bicyclic) bond motifs is 1. The van der Waals surface area contributed by atoms with Gasteiger partial charge in [0.15, 0.2) is 5.78 Å². The zero-order valence-corrected chi connectivity index (χ0v) is 17.5. The van der Waals surface area contributed by atoms with E-state index in [0.29, 0.717) is 49.4 Å². The Balaban J connectivity index is 1.37. The second-order valence-electron chi connectivity index (χ2n) is 8.08. The normalized spacial score (nSPS) is 17.0. The van der Waals surface area contributed by atoms with Crippen molar-refractivity contribution in [3.8, 4) is 5.75 Å². The molecule has 0 unspecified atom stereocenters. The second kappa shape index (κ2) is 9.23. The van der Waals surface area contributed by atoms with Crippen LogP contribution in [0.15, 0.2) is 54.6 Å². The third kappa shape index (κ3) is 4.81. The Morgan fingerprint density at radius 1 is 1.12 bits per heavy atom. The van der Waals surface area contributed by atoms with Gasteiger partial charge < -0.3 is 15.0 Å². The topological polar surface area (TPSA) is 108 Å². The van der Waals surface area contributed by atoms with Crippen molar-refractivity contribution in [1.82, 2.24) is 15.7 Å². The van der Waals surface area contributed by atoms with E-state index in [-0.39, 0.29) is 18.2 Å². The summed E-state index contributed by atoms with van der Waals surface area (Å²) in [5.41, 5.74) is 3.09. The third-order valence-electron chi connectivity index (χ3n) is 5.90. The summed E-state index contributed by atoms with van der Waals surface area (Å²) in [5.74, 6) is -0.147. The number of ether oxygens (including phenoxy) is 1. The lowest BCUT2D eigenvalue weighted by atomic mass is 9.82. The van der Waals surface area contributed by atoms with Crippen molar-refractivity contribution in [3.63, 3.8) is 0 Å². The molecule has 0 aliphatic carbocycles. The van der Waals surface area contributed by atoms with E-state index in [1.54, 1.807) is 23.1 Å². The molecule has 166 valence electrons. The van der Waals surface area contributed by atoms with Gasteiger partial charge in [0.25, 0.3) is 5.91 Å². The number of nitrogens with zero attached hydrogens (tertiary/aromatic N) is 1. The molecule has 8 nitrogen and oxygen atoms in total. The van der Waals surface area contributed by atoms with Gasteiger partial charge in [-0.05, 0) is 29.3 Å². The molecule has 3 N–H and O–H groups in total. The largest absolute Gasteiger partial charge is 0.486 e. The molecule has 0 atom stereocenters. The molecule has 2 aliphatic heterocycles. The Morgan fingerprint density at radius 2 is 1.88 bits per heavy atom. The number of carbonyl (C=O) groups excluding carboxylic acids is 3. The van der Waals surface area contributed by atoms with Gasteiger partial charge in [0, 0.05) is 38.6 Å². The number of nitrogens with one attached hydrogen (secondary N) is 2. The summed E-state index contributed by atoms with van der Waals surface area (Å²) in [6.07, 6.45) is 4.10. The maximum Gasteiger partial charge on any atom is 0.317 e. The molecule has 2 aromatic carbocycles. The number of Topliss-reactive ketones (excluding diaryl/α,β-unsaturated/α-hetero) is 1. The molecule has 0 bridgehead atoms. The first kappa shape index (κ1) is 21.6. The average Bonchev–Trinajstić information content (AvgIpc) is 2.82. The number of rotatable bonds is 4. The molecule has 4 rings (SSSR count). The maximum absolute atomic E-state index is 12.9. The summed E-state index contributed by atoms with van der Waals surface area (Å²) < 4.78 is 6.27. The molecule has 2 heterocycles. The predicted octanol–water partition coefficient (Wildman–Crippen LogP) is 2.91. The van der Waals surface area contributed by atoms with Crippen molar-refractivity contribution in [3.05, 3.63) is 71.3 Å². The highest BCUT2D eigenvalue weighted by Crippen LogP contribution is 2.39. The highest BCUT2D eigenvalue weighted by Gasteiger charge is 2.43. The number of hydrogen-bond acceptors (Lipinski definition) is 5. The molecule has 2 aliphatic rings. The summed E-state index contributed by atoms with van der Waals surface area (Å²) in [7, 11) is 0. The van der Waals surface area contributed by atoms with E-state index in [2.05, 4.69) is 5.32 Å². The molecule has 1 fully saturated rings. The Bertz CT molecular complexity index is 1040. The van der Waals surface area contributed by atoms with Crippen LogP contribution in [0.5, 0.6) is 5.75 Å². The Morgan fingerprint density at radius 3 is 2.59 bits per heavy atom. The van der Waals surface area contributed by atoms with Crippen LogP contribution in [0.2, 0.25) is 0 Å². The molecule has 0 radical (unpaired) electrons. The van der Waals surface area contributed by atoms with Gasteiger partial charge in [-0.3, -0.25) is 14.8 Å². The molecule has 8 heteroatoms. The van der Waals surface area contributed by atoms with E-state index in [1.807, 2.05) is 30.3 Å². The predicted molar refractivity (Wildman–Crippen MR) is 117 cm³/mol. The minimum Gasteiger partial charge on any atom is -0.486 e. The standard InChI is InChI=1S/C24H25N3O5/c28-20-15-24(32-21-8-6-17(14-19(20)21)7-9-22(29)26-31)10-12-27(13-11-24)23(30)25-16-18-4-2-1-3-5-18/h1-9,14,31H,10-13,15-16H2,(H,25,30)(H,26,29)/b9-7+. The summed E-state index contributed by atoms with van der Waals surface area (Å²) in [5, 5.41) is 11.5. The highest BCUT2D eigenvalue weighted by atomic mass is 16.5. The summed E-state index contributed by atoms with van der Waals surface area (Å²) in [4.78, 5) is 38.3. The van der Waals surface area contributed by atoms with Crippen LogP contribution < -0.4 is 15.5 Å². The van der Waals surface area contributed by atoms with E-state index >= 15 is 0 Å².